The predicted molar refractivity (Wildman–Crippen MR) is 92.2 cm³/mol. The highest BCUT2D eigenvalue weighted by atomic mass is 32.1. The van der Waals surface area contributed by atoms with E-state index in [1.54, 1.807) is 17.5 Å². The molecule has 0 spiro atoms. The van der Waals surface area contributed by atoms with Gasteiger partial charge in [-0.2, -0.15) is 5.10 Å². The van der Waals surface area contributed by atoms with Crippen molar-refractivity contribution in [2.75, 3.05) is 13.3 Å². The van der Waals surface area contributed by atoms with E-state index in [1.807, 2.05) is 35.1 Å². The van der Waals surface area contributed by atoms with Gasteiger partial charge in [0.05, 0.1) is 5.69 Å². The van der Waals surface area contributed by atoms with Gasteiger partial charge < -0.3 is 14.8 Å². The molecular weight excluding hydrogens is 324 g/mol. The second kappa shape index (κ2) is 7.02. The molecule has 1 aliphatic rings. The summed E-state index contributed by atoms with van der Waals surface area (Å²) in [5.41, 5.74) is 2.13. The van der Waals surface area contributed by atoms with E-state index >= 15 is 0 Å². The van der Waals surface area contributed by atoms with Crippen LogP contribution in [0.15, 0.2) is 42.0 Å². The highest BCUT2D eigenvalue weighted by Crippen LogP contribution is 2.36. The Morgan fingerprint density at radius 1 is 1.25 bits per heavy atom. The number of ether oxygens (including phenoxy) is 2. The van der Waals surface area contributed by atoms with Gasteiger partial charge in [0.25, 0.3) is 0 Å². The van der Waals surface area contributed by atoms with Crippen LogP contribution in [0.5, 0.6) is 11.5 Å². The Morgan fingerprint density at radius 3 is 3.12 bits per heavy atom. The Labute approximate surface area is 144 Å². The molecule has 1 aromatic carbocycles. The molecule has 3 aromatic rings. The van der Waals surface area contributed by atoms with Gasteiger partial charge in [0.1, 0.15) is 5.01 Å². The summed E-state index contributed by atoms with van der Waals surface area (Å²) in [4.78, 5) is 4.70. The van der Waals surface area contributed by atoms with Crippen LogP contribution in [0.2, 0.25) is 0 Å². The van der Waals surface area contributed by atoms with E-state index < -0.39 is 0 Å². The minimum Gasteiger partial charge on any atom is -0.454 e. The van der Waals surface area contributed by atoms with Gasteiger partial charge in [-0.05, 0) is 37.2 Å². The lowest BCUT2D eigenvalue weighted by Gasteiger charge is -2.03. The smallest absolute Gasteiger partial charge is 0.231 e. The van der Waals surface area contributed by atoms with Crippen molar-refractivity contribution >= 4 is 11.3 Å². The van der Waals surface area contributed by atoms with Crippen LogP contribution in [0.25, 0.3) is 10.6 Å². The van der Waals surface area contributed by atoms with E-state index in [-0.39, 0.29) is 0 Å². The normalized spacial score (nSPS) is 12.7. The molecule has 7 heteroatoms. The van der Waals surface area contributed by atoms with Crippen LogP contribution in [-0.4, -0.2) is 28.1 Å². The van der Waals surface area contributed by atoms with Crippen LogP contribution in [0.3, 0.4) is 0 Å². The Bertz CT molecular complexity index is 801. The van der Waals surface area contributed by atoms with Crippen LogP contribution in [-0.2, 0) is 13.1 Å². The maximum Gasteiger partial charge on any atom is 0.231 e. The monoisotopic (exact) mass is 342 g/mol. The number of hydrogen-bond donors (Lipinski definition) is 1. The van der Waals surface area contributed by atoms with Crippen LogP contribution in [0, 0.1) is 0 Å². The van der Waals surface area contributed by atoms with Crippen LogP contribution < -0.4 is 14.8 Å². The molecule has 4 rings (SSSR count). The van der Waals surface area contributed by atoms with Crippen molar-refractivity contribution in [1.82, 2.24) is 20.1 Å². The van der Waals surface area contributed by atoms with E-state index in [0.29, 0.717) is 6.79 Å². The van der Waals surface area contributed by atoms with Gasteiger partial charge in [0.2, 0.25) is 6.79 Å². The average molecular weight is 342 g/mol. The fourth-order valence-electron chi connectivity index (χ4n) is 2.57. The third-order valence-electron chi connectivity index (χ3n) is 3.78. The van der Waals surface area contributed by atoms with Gasteiger partial charge in [-0.25, -0.2) is 4.98 Å². The molecule has 2 aromatic heterocycles. The minimum atomic E-state index is 0.296. The fourth-order valence-corrected chi connectivity index (χ4v) is 3.38. The van der Waals surface area contributed by atoms with Crippen LogP contribution >= 0.6 is 11.3 Å². The summed E-state index contributed by atoms with van der Waals surface area (Å²) in [6, 6.07) is 7.89. The number of thiazole rings is 1. The molecule has 0 radical (unpaired) electrons. The first-order valence-electron chi connectivity index (χ1n) is 7.91. The first-order chi connectivity index (χ1) is 11.9. The van der Waals surface area contributed by atoms with Crippen LogP contribution in [0.4, 0.5) is 0 Å². The zero-order valence-corrected chi connectivity index (χ0v) is 14.0. The molecular formula is C17H18N4O2S. The Hall–Kier alpha value is -2.38. The molecule has 1 N–H and O–H groups in total. The third kappa shape index (κ3) is 3.42. The van der Waals surface area contributed by atoms with E-state index in [1.165, 1.54) is 0 Å². The van der Waals surface area contributed by atoms with Gasteiger partial charge in [-0.1, -0.05) is 0 Å². The number of nitrogens with one attached hydrogen (secondary N) is 1. The molecule has 124 valence electrons. The number of fused-ring (bicyclic) bond motifs is 1. The molecule has 0 saturated heterocycles. The maximum absolute atomic E-state index is 5.43. The first-order valence-corrected chi connectivity index (χ1v) is 8.79. The summed E-state index contributed by atoms with van der Waals surface area (Å²) in [6.07, 6.45) is 4.83. The number of aromatic nitrogens is 3. The standard InChI is InChI=1S/C17H18N4O2S/c1(7-21-8-2-6-19-21)5-18-10-14-11-24-17(20-14)13-3-4-15-16(9-13)23-12-22-15/h2-4,6,8-9,11,18H,1,5,7,10,12H2. The highest BCUT2D eigenvalue weighted by Gasteiger charge is 2.15. The van der Waals surface area contributed by atoms with Crippen molar-refractivity contribution in [3.63, 3.8) is 0 Å². The van der Waals surface area contributed by atoms with Gasteiger partial charge in [0.15, 0.2) is 11.5 Å². The Morgan fingerprint density at radius 2 is 2.21 bits per heavy atom. The van der Waals surface area contributed by atoms with Crippen molar-refractivity contribution in [2.45, 2.75) is 19.5 Å². The molecule has 0 aliphatic carbocycles. The van der Waals surface area contributed by atoms with E-state index in [0.717, 1.165) is 53.8 Å². The van der Waals surface area contributed by atoms with Gasteiger partial charge in [-0.3, -0.25) is 4.68 Å². The number of hydrogen-bond acceptors (Lipinski definition) is 6. The summed E-state index contributed by atoms with van der Waals surface area (Å²) in [5.74, 6) is 1.59. The highest BCUT2D eigenvalue weighted by molar-refractivity contribution is 7.13. The van der Waals surface area contributed by atoms with E-state index in [9.17, 15) is 0 Å². The van der Waals surface area contributed by atoms with Crippen LogP contribution in [0.1, 0.15) is 12.1 Å². The third-order valence-corrected chi connectivity index (χ3v) is 4.72. The number of rotatable bonds is 7. The quantitative estimate of drug-likeness (QED) is 0.669. The second-order valence-corrected chi connectivity index (χ2v) is 6.37. The lowest BCUT2D eigenvalue weighted by molar-refractivity contribution is 0.174. The van der Waals surface area contributed by atoms with Crippen molar-refractivity contribution in [2.24, 2.45) is 0 Å². The molecule has 1 aliphatic heterocycles. The summed E-state index contributed by atoms with van der Waals surface area (Å²) < 4.78 is 12.7. The molecule has 0 bridgehead atoms. The zero-order valence-electron chi connectivity index (χ0n) is 13.1. The summed E-state index contributed by atoms with van der Waals surface area (Å²) in [7, 11) is 0. The lowest BCUT2D eigenvalue weighted by Crippen LogP contribution is -2.16. The first kappa shape index (κ1) is 15.2. The average Bonchev–Trinajstić information content (AvgIpc) is 3.35. The van der Waals surface area contributed by atoms with Gasteiger partial charge >= 0.3 is 0 Å². The SMILES string of the molecule is c1cnn(CCCNCc2csc(-c3ccc4c(c3)OCO4)n2)c1. The molecule has 0 atom stereocenters. The second-order valence-electron chi connectivity index (χ2n) is 5.51. The van der Waals surface area contributed by atoms with Crippen molar-refractivity contribution in [3.05, 3.63) is 47.7 Å². The summed E-state index contributed by atoms with van der Waals surface area (Å²) in [6.45, 7) is 2.95. The fraction of sp³-hybridized carbons (Fsp3) is 0.294. The lowest BCUT2D eigenvalue weighted by atomic mass is 10.2. The number of aryl methyl sites for hydroxylation is 1. The molecule has 0 fully saturated rings. The minimum absolute atomic E-state index is 0.296. The van der Waals surface area contributed by atoms with E-state index in [4.69, 9.17) is 14.5 Å². The molecule has 0 unspecified atom stereocenters. The molecule has 24 heavy (non-hydrogen) atoms. The predicted octanol–water partition coefficient (Wildman–Crippen LogP) is 2.92. The maximum atomic E-state index is 5.43. The number of benzene rings is 1. The van der Waals surface area contributed by atoms with Gasteiger partial charge in [-0.15, -0.1) is 11.3 Å². The van der Waals surface area contributed by atoms with Crippen molar-refractivity contribution in [1.29, 1.82) is 0 Å². The van der Waals surface area contributed by atoms with E-state index in [2.05, 4.69) is 15.8 Å². The molecule has 0 amide bonds. The number of nitrogens with zero attached hydrogens (tertiary/aromatic N) is 3. The molecule has 3 heterocycles. The Kier molecular flexibility index (Phi) is 4.44. The largest absolute Gasteiger partial charge is 0.454 e. The summed E-state index contributed by atoms with van der Waals surface area (Å²) >= 11 is 1.65. The zero-order chi connectivity index (χ0) is 16.2. The van der Waals surface area contributed by atoms with Crippen molar-refractivity contribution < 1.29 is 9.47 Å². The molecule has 6 nitrogen and oxygen atoms in total. The molecule has 0 saturated carbocycles. The van der Waals surface area contributed by atoms with Crippen molar-refractivity contribution in [3.8, 4) is 22.1 Å². The summed E-state index contributed by atoms with van der Waals surface area (Å²) in [5, 5.41) is 10.7. The van der Waals surface area contributed by atoms with Gasteiger partial charge in [0, 0.05) is 36.4 Å². The topological polar surface area (TPSA) is 61.2 Å². The Balaban J connectivity index is 1.28.